The van der Waals surface area contributed by atoms with Gasteiger partial charge in [0.2, 0.25) is 0 Å². The fourth-order valence-electron chi connectivity index (χ4n) is 1.84. The molecule has 4 heteroatoms. The molecule has 0 aromatic heterocycles. The Hall–Kier alpha value is -1.19. The standard InChI is InChI=1S/C15H15BrClNO/c1-10-3-5-14(13(16)7-10)18-9-11-8-12(17)4-6-15(11)19-2/h3-8,18H,9H2,1-2H3. The number of nitrogens with one attached hydrogen (secondary N) is 1. The minimum absolute atomic E-state index is 0.658. The lowest BCUT2D eigenvalue weighted by Crippen LogP contribution is -2.02. The molecule has 2 rings (SSSR count). The zero-order valence-corrected chi connectivity index (χ0v) is 13.2. The van der Waals surface area contributed by atoms with Gasteiger partial charge in [0, 0.05) is 27.3 Å². The zero-order valence-electron chi connectivity index (χ0n) is 10.8. The van der Waals surface area contributed by atoms with E-state index >= 15 is 0 Å². The summed E-state index contributed by atoms with van der Waals surface area (Å²) in [5, 5.41) is 4.08. The van der Waals surface area contributed by atoms with E-state index < -0.39 is 0 Å². The number of halogens is 2. The van der Waals surface area contributed by atoms with E-state index in [4.69, 9.17) is 16.3 Å². The molecule has 0 bridgehead atoms. The SMILES string of the molecule is COc1ccc(Cl)cc1CNc1ccc(C)cc1Br. The monoisotopic (exact) mass is 339 g/mol. The maximum Gasteiger partial charge on any atom is 0.123 e. The number of anilines is 1. The molecular formula is C15H15BrClNO. The molecule has 0 aliphatic carbocycles. The Balaban J connectivity index is 2.16. The molecule has 2 nitrogen and oxygen atoms in total. The number of ether oxygens (including phenoxy) is 1. The Morgan fingerprint density at radius 3 is 2.68 bits per heavy atom. The van der Waals surface area contributed by atoms with Gasteiger partial charge >= 0.3 is 0 Å². The van der Waals surface area contributed by atoms with Gasteiger partial charge in [-0.1, -0.05) is 17.7 Å². The highest BCUT2D eigenvalue weighted by molar-refractivity contribution is 9.10. The van der Waals surface area contributed by atoms with Crippen LogP contribution in [0.2, 0.25) is 5.02 Å². The lowest BCUT2D eigenvalue weighted by molar-refractivity contribution is 0.410. The van der Waals surface area contributed by atoms with Crippen LogP contribution in [0.4, 0.5) is 5.69 Å². The fraction of sp³-hybridized carbons (Fsp3) is 0.200. The summed E-state index contributed by atoms with van der Waals surface area (Å²) >= 11 is 9.57. The molecule has 1 N–H and O–H groups in total. The van der Waals surface area contributed by atoms with Gasteiger partial charge in [-0.2, -0.15) is 0 Å². The van der Waals surface area contributed by atoms with Crippen molar-refractivity contribution in [1.29, 1.82) is 0 Å². The summed E-state index contributed by atoms with van der Waals surface area (Å²) in [6.45, 7) is 2.72. The largest absolute Gasteiger partial charge is 0.496 e. The van der Waals surface area contributed by atoms with Crippen LogP contribution in [0.1, 0.15) is 11.1 Å². The summed E-state index contributed by atoms with van der Waals surface area (Å²) in [6.07, 6.45) is 0. The highest BCUT2D eigenvalue weighted by Crippen LogP contribution is 2.27. The first kappa shape index (κ1) is 14.2. The molecule has 0 fully saturated rings. The van der Waals surface area contributed by atoms with Crippen LogP contribution in [-0.2, 0) is 6.54 Å². The second-order valence-electron chi connectivity index (χ2n) is 4.29. The smallest absolute Gasteiger partial charge is 0.123 e. The first-order valence-corrected chi connectivity index (χ1v) is 7.09. The normalized spacial score (nSPS) is 10.3. The van der Waals surface area contributed by atoms with Crippen LogP contribution in [0.3, 0.4) is 0 Å². The van der Waals surface area contributed by atoms with Crippen LogP contribution < -0.4 is 10.1 Å². The van der Waals surface area contributed by atoms with E-state index in [9.17, 15) is 0 Å². The molecule has 0 saturated heterocycles. The first-order valence-electron chi connectivity index (χ1n) is 5.92. The number of methoxy groups -OCH3 is 1. The van der Waals surface area contributed by atoms with Crippen LogP contribution in [0.5, 0.6) is 5.75 Å². The van der Waals surface area contributed by atoms with Gasteiger partial charge in [-0.3, -0.25) is 0 Å². The van der Waals surface area contributed by atoms with Crippen LogP contribution in [0.25, 0.3) is 0 Å². The topological polar surface area (TPSA) is 21.3 Å². The Bertz CT molecular complexity index is 586. The minimum atomic E-state index is 0.658. The van der Waals surface area contributed by atoms with Crippen molar-refractivity contribution < 1.29 is 4.74 Å². The summed E-state index contributed by atoms with van der Waals surface area (Å²) in [5.74, 6) is 0.833. The lowest BCUT2D eigenvalue weighted by atomic mass is 10.2. The van der Waals surface area contributed by atoms with Crippen molar-refractivity contribution in [3.8, 4) is 5.75 Å². The molecule has 100 valence electrons. The maximum absolute atomic E-state index is 6.02. The molecule has 0 unspecified atom stereocenters. The molecule has 0 atom stereocenters. The van der Waals surface area contributed by atoms with Gasteiger partial charge in [0.1, 0.15) is 5.75 Å². The van der Waals surface area contributed by atoms with Crippen molar-refractivity contribution in [2.45, 2.75) is 13.5 Å². The predicted molar refractivity (Wildman–Crippen MR) is 84.2 cm³/mol. The van der Waals surface area contributed by atoms with Gasteiger partial charge < -0.3 is 10.1 Å². The van der Waals surface area contributed by atoms with E-state index in [1.165, 1.54) is 5.56 Å². The van der Waals surface area contributed by atoms with E-state index in [2.05, 4.69) is 46.4 Å². The summed E-state index contributed by atoms with van der Waals surface area (Å²) in [6, 6.07) is 11.8. The van der Waals surface area contributed by atoms with Gasteiger partial charge in [-0.05, 0) is 58.7 Å². The molecule has 19 heavy (non-hydrogen) atoms. The minimum Gasteiger partial charge on any atom is -0.496 e. The van der Waals surface area contributed by atoms with E-state index in [-0.39, 0.29) is 0 Å². The number of benzene rings is 2. The van der Waals surface area contributed by atoms with Gasteiger partial charge in [0.25, 0.3) is 0 Å². The zero-order chi connectivity index (χ0) is 13.8. The summed E-state index contributed by atoms with van der Waals surface area (Å²) in [7, 11) is 1.66. The molecule has 0 aliphatic heterocycles. The van der Waals surface area contributed by atoms with Crippen molar-refractivity contribution in [3.63, 3.8) is 0 Å². The Labute approximate surface area is 126 Å². The summed E-state index contributed by atoms with van der Waals surface area (Å²) in [5.41, 5.74) is 3.30. The average Bonchev–Trinajstić information content (AvgIpc) is 2.38. The average molecular weight is 341 g/mol. The van der Waals surface area contributed by atoms with Crippen LogP contribution >= 0.6 is 27.5 Å². The van der Waals surface area contributed by atoms with E-state index in [1.54, 1.807) is 7.11 Å². The molecule has 0 spiro atoms. The Kier molecular flexibility index (Phi) is 4.72. The molecule has 0 amide bonds. The lowest BCUT2D eigenvalue weighted by Gasteiger charge is -2.12. The third kappa shape index (κ3) is 3.64. The van der Waals surface area contributed by atoms with Crippen molar-refractivity contribution >= 4 is 33.2 Å². The second-order valence-corrected chi connectivity index (χ2v) is 5.58. The highest BCUT2D eigenvalue weighted by atomic mass is 79.9. The summed E-state index contributed by atoms with van der Waals surface area (Å²) < 4.78 is 6.38. The molecule has 2 aromatic carbocycles. The van der Waals surface area contributed by atoms with E-state index in [1.807, 2.05) is 18.2 Å². The first-order chi connectivity index (χ1) is 9.10. The maximum atomic E-state index is 6.02. The van der Waals surface area contributed by atoms with Gasteiger partial charge in [0.05, 0.1) is 7.11 Å². The molecule has 0 aliphatic rings. The van der Waals surface area contributed by atoms with Crippen LogP contribution in [0, 0.1) is 6.92 Å². The van der Waals surface area contributed by atoms with Crippen molar-refractivity contribution in [1.82, 2.24) is 0 Å². The predicted octanol–water partition coefficient (Wildman–Crippen LogP) is 5.03. The molecule has 0 heterocycles. The van der Waals surface area contributed by atoms with Crippen LogP contribution in [-0.4, -0.2) is 7.11 Å². The van der Waals surface area contributed by atoms with Crippen LogP contribution in [0.15, 0.2) is 40.9 Å². The number of aryl methyl sites for hydroxylation is 1. The number of hydrogen-bond acceptors (Lipinski definition) is 2. The van der Waals surface area contributed by atoms with E-state index in [0.717, 1.165) is 21.5 Å². The van der Waals surface area contributed by atoms with Gasteiger partial charge in [-0.15, -0.1) is 0 Å². The third-order valence-electron chi connectivity index (χ3n) is 2.84. The molecule has 2 aromatic rings. The quantitative estimate of drug-likeness (QED) is 0.842. The summed E-state index contributed by atoms with van der Waals surface area (Å²) in [4.78, 5) is 0. The fourth-order valence-corrected chi connectivity index (χ4v) is 2.67. The molecule has 0 radical (unpaired) electrons. The van der Waals surface area contributed by atoms with E-state index in [0.29, 0.717) is 11.6 Å². The van der Waals surface area contributed by atoms with Crippen molar-refractivity contribution in [3.05, 3.63) is 57.0 Å². The molecule has 0 saturated carbocycles. The Morgan fingerprint density at radius 2 is 2.00 bits per heavy atom. The Morgan fingerprint density at radius 1 is 1.21 bits per heavy atom. The second kappa shape index (κ2) is 6.31. The van der Waals surface area contributed by atoms with Gasteiger partial charge in [0.15, 0.2) is 0 Å². The highest BCUT2D eigenvalue weighted by Gasteiger charge is 2.05. The number of hydrogen-bond donors (Lipinski definition) is 1. The number of rotatable bonds is 4. The van der Waals surface area contributed by atoms with Gasteiger partial charge in [-0.25, -0.2) is 0 Å². The van der Waals surface area contributed by atoms with Crippen molar-refractivity contribution in [2.24, 2.45) is 0 Å². The van der Waals surface area contributed by atoms with Crippen molar-refractivity contribution in [2.75, 3.05) is 12.4 Å². The third-order valence-corrected chi connectivity index (χ3v) is 3.73. The molecular weight excluding hydrogens is 326 g/mol.